The molecule has 0 amide bonds. The molecule has 5 nitrogen and oxygen atoms in total. The second-order valence-electron chi connectivity index (χ2n) is 9.50. The molecule has 0 aliphatic carbocycles. The van der Waals surface area contributed by atoms with Crippen molar-refractivity contribution in [2.24, 2.45) is 0 Å². The highest BCUT2D eigenvalue weighted by Gasteiger charge is 2.34. The van der Waals surface area contributed by atoms with Crippen molar-refractivity contribution in [3.05, 3.63) is 77.4 Å². The molecule has 8 heteroatoms. The molecule has 0 spiro atoms. The largest absolute Gasteiger partial charge is 0.293 e. The minimum atomic E-state index is -3.28. The second-order valence-corrected chi connectivity index (χ2v) is 13.0. The molecule has 3 heterocycles. The van der Waals surface area contributed by atoms with Crippen LogP contribution in [0.3, 0.4) is 0 Å². The quantitative estimate of drug-likeness (QED) is 0.282. The molecular weight excluding hydrogens is 498 g/mol. The van der Waals surface area contributed by atoms with E-state index in [9.17, 15) is 8.42 Å². The van der Waals surface area contributed by atoms with Crippen LogP contribution in [0.5, 0.6) is 0 Å². The monoisotopic (exact) mass is 525 g/mol. The highest BCUT2D eigenvalue weighted by Crippen LogP contribution is 2.39. The third-order valence-electron chi connectivity index (χ3n) is 6.72. The number of halogens is 1. The van der Waals surface area contributed by atoms with Gasteiger partial charge in [-0.15, -0.1) is 11.3 Å². The Bertz CT molecular complexity index is 1480. The average Bonchev–Trinajstić information content (AvgIpc) is 3.59. The number of nitrogens with zero attached hydrogens (tertiary/aromatic N) is 3. The summed E-state index contributed by atoms with van der Waals surface area (Å²) in [5, 5.41) is 5.72. The molecule has 5 rings (SSSR count). The zero-order valence-electron chi connectivity index (χ0n) is 20.0. The molecule has 0 radical (unpaired) electrons. The van der Waals surface area contributed by atoms with E-state index in [-0.39, 0.29) is 5.54 Å². The van der Waals surface area contributed by atoms with E-state index in [4.69, 9.17) is 16.7 Å². The molecule has 1 aliphatic heterocycles. The van der Waals surface area contributed by atoms with Crippen LogP contribution >= 0.6 is 22.9 Å². The van der Waals surface area contributed by atoms with Crippen molar-refractivity contribution < 1.29 is 8.42 Å². The molecular formula is C27H28ClN3O2S2. The summed E-state index contributed by atoms with van der Waals surface area (Å²) in [4.78, 5) is 4.85. The normalized spacial score (nSPS) is 15.1. The number of thiophene rings is 1. The van der Waals surface area contributed by atoms with Crippen LogP contribution < -0.4 is 0 Å². The number of para-hydroxylation sites is 1. The van der Waals surface area contributed by atoms with E-state index in [0.717, 1.165) is 45.5 Å². The Hall–Kier alpha value is -2.45. The van der Waals surface area contributed by atoms with Gasteiger partial charge in [-0.1, -0.05) is 35.9 Å². The standard InChI is InChI=1S/C27H28ClN3O2S2/c1-27(2,30-15-6-7-16-30)26-18-23(31(29-26)22-12-5-4-11-21(22)28)25-14-13-24(34-25)19-9-8-10-20(17-19)35(3,32)33/h4-5,8-14,17-18H,6-7,15-16H2,1-3H3. The van der Waals surface area contributed by atoms with E-state index in [1.54, 1.807) is 29.5 Å². The summed E-state index contributed by atoms with van der Waals surface area (Å²) in [6, 6.07) is 21.1. The van der Waals surface area contributed by atoms with Gasteiger partial charge in [-0.3, -0.25) is 4.90 Å². The third-order valence-corrected chi connectivity index (χ3v) is 9.31. The number of benzene rings is 2. The van der Waals surface area contributed by atoms with Gasteiger partial charge < -0.3 is 0 Å². The van der Waals surface area contributed by atoms with Crippen molar-refractivity contribution >= 4 is 32.8 Å². The highest BCUT2D eigenvalue weighted by molar-refractivity contribution is 7.90. The molecule has 4 aromatic rings. The predicted molar refractivity (Wildman–Crippen MR) is 144 cm³/mol. The van der Waals surface area contributed by atoms with Gasteiger partial charge in [-0.2, -0.15) is 5.10 Å². The number of likely N-dealkylation sites (tertiary alicyclic amines) is 1. The van der Waals surface area contributed by atoms with E-state index in [0.29, 0.717) is 9.92 Å². The van der Waals surface area contributed by atoms with Crippen LogP contribution in [0.25, 0.3) is 26.7 Å². The molecule has 0 atom stereocenters. The molecule has 2 aromatic heterocycles. The van der Waals surface area contributed by atoms with E-state index >= 15 is 0 Å². The van der Waals surface area contributed by atoms with Crippen LogP contribution in [0, 0.1) is 0 Å². The fourth-order valence-corrected chi connectivity index (χ4v) is 6.50. The lowest BCUT2D eigenvalue weighted by molar-refractivity contribution is 0.150. The van der Waals surface area contributed by atoms with Crippen molar-refractivity contribution in [3.63, 3.8) is 0 Å². The van der Waals surface area contributed by atoms with Crippen LogP contribution in [0.4, 0.5) is 0 Å². The molecule has 35 heavy (non-hydrogen) atoms. The molecule has 1 saturated heterocycles. The fraction of sp³-hybridized carbons (Fsp3) is 0.296. The summed E-state index contributed by atoms with van der Waals surface area (Å²) in [7, 11) is -3.28. The van der Waals surface area contributed by atoms with E-state index in [1.807, 2.05) is 41.1 Å². The summed E-state index contributed by atoms with van der Waals surface area (Å²) in [5.41, 5.74) is 3.48. The molecule has 0 saturated carbocycles. The Balaban J connectivity index is 1.61. The van der Waals surface area contributed by atoms with Crippen LogP contribution in [0.15, 0.2) is 71.6 Å². The van der Waals surface area contributed by atoms with Gasteiger partial charge in [0.15, 0.2) is 9.84 Å². The van der Waals surface area contributed by atoms with Gasteiger partial charge in [0.1, 0.15) is 0 Å². The first-order chi connectivity index (χ1) is 16.6. The van der Waals surface area contributed by atoms with Crippen LogP contribution in [-0.2, 0) is 15.4 Å². The fourth-order valence-electron chi connectivity index (χ4n) is 4.61. The number of aromatic nitrogens is 2. The molecule has 1 aliphatic rings. The topological polar surface area (TPSA) is 55.2 Å². The first kappa shape index (κ1) is 24.3. The lowest BCUT2D eigenvalue weighted by atomic mass is 9.98. The van der Waals surface area contributed by atoms with Crippen molar-refractivity contribution in [3.8, 4) is 26.7 Å². The summed E-state index contributed by atoms with van der Waals surface area (Å²) in [6.45, 7) is 6.61. The Morgan fingerprint density at radius 2 is 1.66 bits per heavy atom. The molecule has 0 unspecified atom stereocenters. The van der Waals surface area contributed by atoms with Crippen molar-refractivity contribution in [1.82, 2.24) is 14.7 Å². The van der Waals surface area contributed by atoms with Gasteiger partial charge in [0.2, 0.25) is 0 Å². The highest BCUT2D eigenvalue weighted by atomic mass is 35.5. The van der Waals surface area contributed by atoms with Gasteiger partial charge in [0.05, 0.1) is 37.4 Å². The first-order valence-corrected chi connectivity index (χ1v) is 14.7. The number of sulfone groups is 1. The molecule has 1 fully saturated rings. The van der Waals surface area contributed by atoms with Crippen molar-refractivity contribution in [2.75, 3.05) is 19.3 Å². The van der Waals surface area contributed by atoms with Crippen LogP contribution in [0.2, 0.25) is 5.02 Å². The average molecular weight is 526 g/mol. The lowest BCUT2D eigenvalue weighted by Crippen LogP contribution is -2.39. The number of rotatable bonds is 6. The zero-order valence-corrected chi connectivity index (χ0v) is 22.4. The SMILES string of the molecule is CC(C)(c1cc(-c2ccc(-c3cccc(S(C)(=O)=O)c3)s2)n(-c2ccccc2Cl)n1)N1CCCC1. The van der Waals surface area contributed by atoms with Gasteiger partial charge in [0, 0.05) is 11.1 Å². The second kappa shape index (κ2) is 9.21. The Morgan fingerprint density at radius 3 is 2.37 bits per heavy atom. The zero-order chi connectivity index (χ0) is 24.8. The molecule has 0 bridgehead atoms. The van der Waals surface area contributed by atoms with Gasteiger partial charge in [0.25, 0.3) is 0 Å². The summed E-state index contributed by atoms with van der Waals surface area (Å²) in [6.07, 6.45) is 3.66. The Labute approximate surface area is 215 Å². The minimum Gasteiger partial charge on any atom is -0.293 e. The number of hydrogen-bond acceptors (Lipinski definition) is 5. The molecule has 2 aromatic carbocycles. The van der Waals surface area contributed by atoms with Crippen LogP contribution in [-0.4, -0.2) is 42.4 Å². The van der Waals surface area contributed by atoms with Crippen LogP contribution in [0.1, 0.15) is 32.4 Å². The van der Waals surface area contributed by atoms with Gasteiger partial charge in [-0.25, -0.2) is 13.1 Å². The smallest absolute Gasteiger partial charge is 0.175 e. The third kappa shape index (κ3) is 4.70. The number of hydrogen-bond donors (Lipinski definition) is 0. The van der Waals surface area contributed by atoms with Crippen molar-refractivity contribution in [1.29, 1.82) is 0 Å². The molecule has 182 valence electrons. The maximum atomic E-state index is 12.1. The maximum absolute atomic E-state index is 12.1. The van der Waals surface area contributed by atoms with Gasteiger partial charge in [-0.05, 0) is 87.8 Å². The Morgan fingerprint density at radius 1 is 0.943 bits per heavy atom. The van der Waals surface area contributed by atoms with Crippen molar-refractivity contribution in [2.45, 2.75) is 37.1 Å². The summed E-state index contributed by atoms with van der Waals surface area (Å²) >= 11 is 8.22. The maximum Gasteiger partial charge on any atom is 0.175 e. The van der Waals surface area contributed by atoms with Gasteiger partial charge >= 0.3 is 0 Å². The first-order valence-electron chi connectivity index (χ1n) is 11.7. The lowest BCUT2D eigenvalue weighted by Gasteiger charge is -2.33. The minimum absolute atomic E-state index is 0.207. The predicted octanol–water partition coefficient (Wildman–Crippen LogP) is 6.66. The summed E-state index contributed by atoms with van der Waals surface area (Å²) < 4.78 is 26.1. The van der Waals surface area contributed by atoms with E-state index in [2.05, 4.69) is 30.9 Å². The van der Waals surface area contributed by atoms with E-state index in [1.165, 1.54) is 19.1 Å². The van der Waals surface area contributed by atoms with E-state index < -0.39 is 9.84 Å². The Kier molecular flexibility index (Phi) is 6.38. The summed E-state index contributed by atoms with van der Waals surface area (Å²) in [5.74, 6) is 0. The molecule has 0 N–H and O–H groups in total.